The molecule has 0 radical (unpaired) electrons. The Bertz CT molecular complexity index is 1090. The van der Waals surface area contributed by atoms with Crippen molar-refractivity contribution in [2.24, 2.45) is 0 Å². The van der Waals surface area contributed by atoms with E-state index in [-0.39, 0.29) is 11.5 Å². The number of anilines is 2. The monoisotopic (exact) mass is 409 g/mol. The Morgan fingerprint density at radius 1 is 1.03 bits per heavy atom. The van der Waals surface area contributed by atoms with E-state index in [1.165, 1.54) is 10.9 Å². The van der Waals surface area contributed by atoms with Gasteiger partial charge in [-0.05, 0) is 50.6 Å². The minimum absolute atomic E-state index is 0.202. The van der Waals surface area contributed by atoms with Crippen LogP contribution in [-0.2, 0) is 4.74 Å². The number of aryl methyl sites for hydroxylation is 3. The standard InChI is InChI=1S/C22H24FN5O2/c1-14-4-6-19(15(2)12-14)28-25-16(3)21(26-28)22(29)24-17-5-7-20(18(23)13-17)27-8-10-30-11-9-27/h4-7,12-13H,8-11H2,1-3H3,(H,24,29). The highest BCUT2D eigenvalue weighted by Gasteiger charge is 2.19. The zero-order chi connectivity index (χ0) is 21.3. The Balaban J connectivity index is 1.53. The first-order valence-corrected chi connectivity index (χ1v) is 9.87. The second-order valence-corrected chi connectivity index (χ2v) is 7.43. The molecule has 0 atom stereocenters. The van der Waals surface area contributed by atoms with Gasteiger partial charge in [0.25, 0.3) is 5.91 Å². The van der Waals surface area contributed by atoms with E-state index in [9.17, 15) is 9.18 Å². The van der Waals surface area contributed by atoms with Gasteiger partial charge in [-0.1, -0.05) is 17.7 Å². The molecule has 0 unspecified atom stereocenters. The van der Waals surface area contributed by atoms with E-state index in [0.29, 0.717) is 43.4 Å². The van der Waals surface area contributed by atoms with Crippen LogP contribution in [0.25, 0.3) is 5.69 Å². The summed E-state index contributed by atoms with van der Waals surface area (Å²) in [4.78, 5) is 16.1. The van der Waals surface area contributed by atoms with E-state index in [1.54, 1.807) is 19.1 Å². The molecule has 1 N–H and O–H groups in total. The molecule has 1 aromatic heterocycles. The lowest BCUT2D eigenvalue weighted by atomic mass is 10.1. The molecule has 0 aliphatic carbocycles. The lowest BCUT2D eigenvalue weighted by Gasteiger charge is -2.29. The molecule has 0 bridgehead atoms. The quantitative estimate of drug-likeness (QED) is 0.715. The van der Waals surface area contributed by atoms with Crippen LogP contribution in [0.3, 0.4) is 0 Å². The van der Waals surface area contributed by atoms with E-state index < -0.39 is 5.91 Å². The predicted octanol–water partition coefficient (Wildman–Crippen LogP) is 3.42. The number of rotatable bonds is 4. The van der Waals surface area contributed by atoms with Gasteiger partial charge < -0.3 is 15.0 Å². The van der Waals surface area contributed by atoms with Crippen molar-refractivity contribution in [1.82, 2.24) is 15.0 Å². The summed E-state index contributed by atoms with van der Waals surface area (Å²) in [5.74, 6) is -0.813. The van der Waals surface area contributed by atoms with Crippen molar-refractivity contribution in [1.29, 1.82) is 0 Å². The first-order valence-electron chi connectivity index (χ1n) is 9.87. The van der Waals surface area contributed by atoms with Gasteiger partial charge in [0.05, 0.1) is 30.3 Å². The number of nitrogens with zero attached hydrogens (tertiary/aromatic N) is 4. The number of carbonyl (C=O) groups is 1. The number of amides is 1. The molecule has 1 aliphatic rings. The molecule has 30 heavy (non-hydrogen) atoms. The van der Waals surface area contributed by atoms with E-state index in [2.05, 4.69) is 15.5 Å². The molecule has 4 rings (SSSR count). The summed E-state index contributed by atoms with van der Waals surface area (Å²) in [5, 5.41) is 11.5. The highest BCUT2D eigenvalue weighted by Crippen LogP contribution is 2.24. The summed E-state index contributed by atoms with van der Waals surface area (Å²) in [6, 6.07) is 10.6. The van der Waals surface area contributed by atoms with Gasteiger partial charge in [0.15, 0.2) is 5.69 Å². The Hall–Kier alpha value is -3.26. The van der Waals surface area contributed by atoms with Crippen molar-refractivity contribution in [3.05, 3.63) is 64.7 Å². The second-order valence-electron chi connectivity index (χ2n) is 7.43. The van der Waals surface area contributed by atoms with Gasteiger partial charge >= 0.3 is 0 Å². The smallest absolute Gasteiger partial charge is 0.278 e. The van der Waals surface area contributed by atoms with Crippen LogP contribution in [0.5, 0.6) is 0 Å². The molecule has 0 spiro atoms. The molecule has 1 fully saturated rings. The van der Waals surface area contributed by atoms with Crippen LogP contribution in [0, 0.1) is 26.6 Å². The van der Waals surface area contributed by atoms with Crippen molar-refractivity contribution in [3.63, 3.8) is 0 Å². The van der Waals surface area contributed by atoms with Crippen molar-refractivity contribution >= 4 is 17.3 Å². The first kappa shape index (κ1) is 20.0. The predicted molar refractivity (Wildman–Crippen MR) is 113 cm³/mol. The molecule has 2 heterocycles. The van der Waals surface area contributed by atoms with Crippen LogP contribution in [-0.4, -0.2) is 47.2 Å². The lowest BCUT2D eigenvalue weighted by molar-refractivity contribution is 0.102. The van der Waals surface area contributed by atoms with Gasteiger partial charge in [-0.25, -0.2) is 4.39 Å². The molecule has 1 aliphatic heterocycles. The van der Waals surface area contributed by atoms with E-state index in [0.717, 1.165) is 16.8 Å². The Labute approximate surface area is 174 Å². The number of ether oxygens (including phenoxy) is 1. The van der Waals surface area contributed by atoms with Crippen LogP contribution < -0.4 is 10.2 Å². The Morgan fingerprint density at radius 3 is 2.47 bits per heavy atom. The molecule has 156 valence electrons. The molecule has 2 aromatic carbocycles. The maximum atomic E-state index is 14.6. The number of aromatic nitrogens is 3. The number of nitrogens with one attached hydrogen (secondary N) is 1. The molecular weight excluding hydrogens is 385 g/mol. The van der Waals surface area contributed by atoms with Gasteiger partial charge in [0.1, 0.15) is 5.82 Å². The van der Waals surface area contributed by atoms with Gasteiger partial charge in [0.2, 0.25) is 0 Å². The van der Waals surface area contributed by atoms with Crippen LogP contribution >= 0.6 is 0 Å². The molecule has 1 amide bonds. The molecule has 3 aromatic rings. The van der Waals surface area contributed by atoms with Crippen LogP contribution in [0.1, 0.15) is 27.3 Å². The number of hydrogen-bond donors (Lipinski definition) is 1. The lowest BCUT2D eigenvalue weighted by Crippen LogP contribution is -2.36. The normalized spacial score (nSPS) is 14.1. The van der Waals surface area contributed by atoms with Gasteiger partial charge in [0, 0.05) is 18.8 Å². The van der Waals surface area contributed by atoms with Gasteiger partial charge in [-0.2, -0.15) is 9.90 Å². The Morgan fingerprint density at radius 2 is 1.77 bits per heavy atom. The summed E-state index contributed by atoms with van der Waals surface area (Å²) >= 11 is 0. The summed E-state index contributed by atoms with van der Waals surface area (Å²) in [7, 11) is 0. The molecule has 8 heteroatoms. The van der Waals surface area contributed by atoms with Crippen molar-refractivity contribution in [3.8, 4) is 5.69 Å². The largest absolute Gasteiger partial charge is 0.378 e. The molecule has 7 nitrogen and oxygen atoms in total. The third-order valence-corrected chi connectivity index (χ3v) is 5.12. The fourth-order valence-corrected chi connectivity index (χ4v) is 3.56. The van der Waals surface area contributed by atoms with Gasteiger partial charge in [-0.3, -0.25) is 4.79 Å². The minimum Gasteiger partial charge on any atom is -0.378 e. The zero-order valence-corrected chi connectivity index (χ0v) is 17.3. The van der Waals surface area contributed by atoms with Crippen molar-refractivity contribution in [2.75, 3.05) is 36.5 Å². The number of halogens is 1. The van der Waals surface area contributed by atoms with Crippen LogP contribution in [0.4, 0.5) is 15.8 Å². The number of morpholine rings is 1. The maximum Gasteiger partial charge on any atom is 0.278 e. The van der Waals surface area contributed by atoms with E-state index in [4.69, 9.17) is 4.74 Å². The van der Waals surface area contributed by atoms with Crippen LogP contribution in [0.15, 0.2) is 36.4 Å². The highest BCUT2D eigenvalue weighted by molar-refractivity contribution is 6.03. The number of hydrogen-bond acceptors (Lipinski definition) is 5. The maximum absolute atomic E-state index is 14.6. The highest BCUT2D eigenvalue weighted by atomic mass is 19.1. The minimum atomic E-state index is -0.429. The number of benzene rings is 2. The van der Waals surface area contributed by atoms with Gasteiger partial charge in [-0.15, -0.1) is 5.10 Å². The van der Waals surface area contributed by atoms with E-state index in [1.807, 2.05) is 36.9 Å². The molecule has 1 saturated heterocycles. The summed E-state index contributed by atoms with van der Waals surface area (Å²) in [6.07, 6.45) is 0. The fraction of sp³-hybridized carbons (Fsp3) is 0.318. The topological polar surface area (TPSA) is 72.3 Å². The summed E-state index contributed by atoms with van der Waals surface area (Å²) in [6.45, 7) is 8.15. The average Bonchev–Trinajstić information content (AvgIpc) is 3.10. The molecular formula is C22H24FN5O2. The fourth-order valence-electron chi connectivity index (χ4n) is 3.56. The summed E-state index contributed by atoms with van der Waals surface area (Å²) < 4.78 is 19.9. The first-order chi connectivity index (χ1) is 14.4. The Kier molecular flexibility index (Phi) is 5.50. The number of carbonyl (C=O) groups excluding carboxylic acids is 1. The summed E-state index contributed by atoms with van der Waals surface area (Å²) in [5.41, 5.74) is 4.54. The van der Waals surface area contributed by atoms with E-state index >= 15 is 0 Å². The molecule has 0 saturated carbocycles. The average molecular weight is 409 g/mol. The second kappa shape index (κ2) is 8.23. The zero-order valence-electron chi connectivity index (χ0n) is 17.3. The third kappa shape index (κ3) is 4.04. The van der Waals surface area contributed by atoms with Crippen molar-refractivity contribution < 1.29 is 13.9 Å². The third-order valence-electron chi connectivity index (χ3n) is 5.12. The van der Waals surface area contributed by atoms with Crippen molar-refractivity contribution in [2.45, 2.75) is 20.8 Å². The van der Waals surface area contributed by atoms with Crippen LogP contribution in [0.2, 0.25) is 0 Å². The SMILES string of the molecule is Cc1ccc(-n2nc(C)c(C(=O)Nc3ccc(N4CCOCC4)c(F)c3)n2)c(C)c1.